The monoisotopic (exact) mass is 776 g/mol. The first-order valence-corrected chi connectivity index (χ1v) is 18.3. The van der Waals surface area contributed by atoms with Crippen LogP contribution >= 0.6 is 11.6 Å². The molecule has 272 valence electrons. The molecule has 4 N–H and O–H groups in total. The van der Waals surface area contributed by atoms with Crippen molar-refractivity contribution in [3.8, 4) is 0 Å². The summed E-state index contributed by atoms with van der Waals surface area (Å²) >= 11 is 6.01. The van der Waals surface area contributed by atoms with E-state index in [1.807, 2.05) is 0 Å². The molecule has 0 bridgehead atoms. The maximum Gasteiger partial charge on any atom is 0.323 e. The normalized spacial score (nSPS) is 11.7. The van der Waals surface area contributed by atoms with Gasteiger partial charge in [-0.2, -0.15) is 0 Å². The number of rotatable bonds is 10. The number of hydrogen-bond donors (Lipinski definition) is 4. The zero-order valence-corrected chi connectivity index (χ0v) is 29.5. The van der Waals surface area contributed by atoms with Gasteiger partial charge in [0.1, 0.15) is 40.3 Å². The summed E-state index contributed by atoms with van der Waals surface area (Å²) in [7, 11) is -8.31. The lowest BCUT2D eigenvalue weighted by Gasteiger charge is -2.10. The molecular formula is C34H28ClF3N4O8S2. The van der Waals surface area contributed by atoms with E-state index in [0.717, 1.165) is 36.4 Å². The molecule has 4 aromatic carbocycles. The highest BCUT2D eigenvalue weighted by Gasteiger charge is 2.28. The van der Waals surface area contributed by atoms with Gasteiger partial charge in [-0.1, -0.05) is 23.7 Å². The molecule has 0 amide bonds. The van der Waals surface area contributed by atoms with Crippen molar-refractivity contribution in [1.82, 2.24) is 9.13 Å². The number of carbonyl (C=O) groups is 2. The minimum absolute atomic E-state index is 0.0679. The number of para-hydroxylation sites is 1. The molecule has 2 aromatic heterocycles. The zero-order valence-electron chi connectivity index (χ0n) is 27.1. The molecule has 2 heterocycles. The largest absolute Gasteiger partial charge is 0.480 e. The van der Waals surface area contributed by atoms with Crippen molar-refractivity contribution in [2.24, 2.45) is 0 Å². The van der Waals surface area contributed by atoms with Gasteiger partial charge in [-0.05, 0) is 86.6 Å². The molecule has 0 aliphatic heterocycles. The Labute approximate surface area is 299 Å². The average Bonchev–Trinajstić information content (AvgIpc) is 3.48. The van der Waals surface area contributed by atoms with Crippen molar-refractivity contribution < 1.29 is 49.8 Å². The summed E-state index contributed by atoms with van der Waals surface area (Å²) < 4.78 is 99.3. The lowest BCUT2D eigenvalue weighted by Crippen LogP contribution is -2.15. The fraction of sp³-hybridized carbons (Fsp3) is 0.118. The third-order valence-corrected chi connectivity index (χ3v) is 11.2. The van der Waals surface area contributed by atoms with Gasteiger partial charge in [0.2, 0.25) is 0 Å². The first-order valence-electron chi connectivity index (χ1n) is 15.0. The molecule has 0 saturated carbocycles. The first kappa shape index (κ1) is 37.7. The van der Waals surface area contributed by atoms with Crippen molar-refractivity contribution in [3.63, 3.8) is 0 Å². The number of hydrogen-bond acceptors (Lipinski definition) is 6. The predicted molar refractivity (Wildman–Crippen MR) is 188 cm³/mol. The molecule has 0 aliphatic carbocycles. The van der Waals surface area contributed by atoms with E-state index < -0.39 is 62.5 Å². The van der Waals surface area contributed by atoms with E-state index in [2.05, 4.69) is 9.44 Å². The highest BCUT2D eigenvalue weighted by atomic mass is 35.5. The molecule has 52 heavy (non-hydrogen) atoms. The van der Waals surface area contributed by atoms with E-state index in [9.17, 15) is 39.6 Å². The van der Waals surface area contributed by atoms with Crippen molar-refractivity contribution in [3.05, 3.63) is 119 Å². The Balaban J connectivity index is 0.000000201. The number of halogens is 4. The molecule has 6 aromatic rings. The van der Waals surface area contributed by atoms with Crippen molar-refractivity contribution >= 4 is 76.8 Å². The summed E-state index contributed by atoms with van der Waals surface area (Å²) in [5.41, 5.74) is 1.23. The Morgan fingerprint density at radius 3 is 1.52 bits per heavy atom. The van der Waals surface area contributed by atoms with Crippen molar-refractivity contribution in [2.45, 2.75) is 36.7 Å². The molecule has 0 aliphatic rings. The number of nitrogens with one attached hydrogen (secondary N) is 2. The van der Waals surface area contributed by atoms with Gasteiger partial charge < -0.3 is 19.3 Å². The maximum atomic E-state index is 13.7. The summed E-state index contributed by atoms with van der Waals surface area (Å²) in [5.74, 6) is -4.10. The number of benzene rings is 4. The van der Waals surface area contributed by atoms with Crippen LogP contribution in [0.1, 0.15) is 11.4 Å². The number of anilines is 2. The van der Waals surface area contributed by atoms with Crippen LogP contribution in [0.5, 0.6) is 0 Å². The second-order valence-corrected chi connectivity index (χ2v) is 15.0. The predicted octanol–water partition coefficient (Wildman–Crippen LogP) is 6.74. The van der Waals surface area contributed by atoms with Crippen molar-refractivity contribution in [1.29, 1.82) is 0 Å². The Bertz CT molecular complexity index is 2590. The number of carboxylic acid groups (broad SMARTS) is 2. The molecule has 0 radical (unpaired) electrons. The number of nitrogens with zero attached hydrogens (tertiary/aromatic N) is 2. The Morgan fingerprint density at radius 2 is 1.08 bits per heavy atom. The van der Waals surface area contributed by atoms with Crippen LogP contribution < -0.4 is 9.44 Å². The van der Waals surface area contributed by atoms with Crippen LogP contribution in [0.3, 0.4) is 0 Å². The van der Waals surface area contributed by atoms with Gasteiger partial charge in [0.25, 0.3) is 20.0 Å². The summed E-state index contributed by atoms with van der Waals surface area (Å²) in [6, 6.07) is 18.1. The van der Waals surface area contributed by atoms with Crippen LogP contribution in [0.2, 0.25) is 5.02 Å². The third-order valence-electron chi connectivity index (χ3n) is 7.79. The van der Waals surface area contributed by atoms with Gasteiger partial charge >= 0.3 is 11.9 Å². The Morgan fingerprint density at radius 1 is 0.654 bits per heavy atom. The Kier molecular flexibility index (Phi) is 10.6. The molecular weight excluding hydrogens is 749 g/mol. The van der Waals surface area contributed by atoms with E-state index in [1.165, 1.54) is 59.4 Å². The number of aliphatic carboxylic acids is 2. The second-order valence-electron chi connectivity index (χ2n) is 11.3. The van der Waals surface area contributed by atoms with Gasteiger partial charge in [-0.3, -0.25) is 19.0 Å². The van der Waals surface area contributed by atoms with E-state index in [-0.39, 0.29) is 53.9 Å². The molecule has 18 heteroatoms. The Hall–Kier alpha value is -5.52. The number of sulfonamides is 2. The molecule has 12 nitrogen and oxygen atoms in total. The second kappa shape index (κ2) is 14.6. The lowest BCUT2D eigenvalue weighted by atomic mass is 10.2. The van der Waals surface area contributed by atoms with Crippen LogP contribution in [0.15, 0.2) is 94.7 Å². The van der Waals surface area contributed by atoms with E-state index >= 15 is 0 Å². The maximum absolute atomic E-state index is 13.7. The van der Waals surface area contributed by atoms with E-state index in [1.54, 1.807) is 12.1 Å². The summed E-state index contributed by atoms with van der Waals surface area (Å²) in [5, 5.41) is 18.6. The fourth-order valence-electron chi connectivity index (χ4n) is 5.67. The topological polar surface area (TPSA) is 177 Å². The third kappa shape index (κ3) is 7.85. The summed E-state index contributed by atoms with van der Waals surface area (Å²) in [4.78, 5) is 21.9. The highest BCUT2D eigenvalue weighted by Crippen LogP contribution is 2.34. The zero-order chi connectivity index (χ0) is 38.1. The smallest absolute Gasteiger partial charge is 0.323 e. The summed E-state index contributed by atoms with van der Waals surface area (Å²) in [6.07, 6.45) is 0. The quantitative estimate of drug-likeness (QED) is 0.118. The first-order chi connectivity index (χ1) is 24.4. The molecule has 6 rings (SSSR count). The van der Waals surface area contributed by atoms with Crippen LogP contribution in [0, 0.1) is 31.3 Å². The fourth-order valence-corrected chi connectivity index (χ4v) is 8.93. The average molecular weight is 777 g/mol. The molecule has 0 fully saturated rings. The van der Waals surface area contributed by atoms with Gasteiger partial charge in [-0.25, -0.2) is 30.0 Å². The van der Waals surface area contributed by atoms with E-state index in [0.29, 0.717) is 5.52 Å². The van der Waals surface area contributed by atoms with E-state index in [4.69, 9.17) is 21.8 Å². The van der Waals surface area contributed by atoms with Crippen LogP contribution in [-0.2, 0) is 42.7 Å². The van der Waals surface area contributed by atoms with Gasteiger partial charge in [0, 0.05) is 27.8 Å². The van der Waals surface area contributed by atoms with Gasteiger partial charge in [0.05, 0.1) is 21.7 Å². The van der Waals surface area contributed by atoms with Crippen LogP contribution in [0.4, 0.5) is 24.5 Å². The van der Waals surface area contributed by atoms with Gasteiger partial charge in [0.15, 0.2) is 0 Å². The highest BCUT2D eigenvalue weighted by molar-refractivity contribution is 7.93. The molecule has 0 saturated heterocycles. The minimum atomic E-state index is -4.17. The van der Waals surface area contributed by atoms with Crippen LogP contribution in [0.25, 0.3) is 21.8 Å². The van der Waals surface area contributed by atoms with Gasteiger partial charge in [-0.15, -0.1) is 0 Å². The summed E-state index contributed by atoms with van der Waals surface area (Å²) in [6.45, 7) is 2.00. The number of fused-ring (bicyclic) bond motifs is 2. The minimum Gasteiger partial charge on any atom is -0.480 e. The molecule has 0 unspecified atom stereocenters. The standard InChI is InChI=1S/C17H14ClFN2O4S.C17H14F2N2O4S/c1-10-17(26(24,25)20-14-5-3-2-4-13(14)18)12-8-11(19)6-7-15(12)21(10)9-16(22)23;1-10-17(26(24,25)20-13-5-2-11(18)3-6-13)14-8-12(19)4-7-15(14)21(10)9-16(22)23/h2*2-8,20H,9H2,1H3,(H,22,23). The van der Waals surface area contributed by atoms with Crippen molar-refractivity contribution in [2.75, 3.05) is 9.44 Å². The SMILES string of the molecule is Cc1c(S(=O)(=O)Nc2ccc(F)cc2)c2cc(F)ccc2n1CC(=O)O.Cc1c(S(=O)(=O)Nc2ccccc2Cl)c2cc(F)ccc2n1CC(=O)O. The molecule has 0 atom stereocenters. The van der Waals surface area contributed by atoms with Crippen LogP contribution in [-0.4, -0.2) is 48.1 Å². The number of carboxylic acids is 2. The lowest BCUT2D eigenvalue weighted by molar-refractivity contribution is -0.138. The molecule has 0 spiro atoms. The number of aromatic nitrogens is 2.